The first-order chi connectivity index (χ1) is 17.6. The molecule has 0 spiro atoms. The molecule has 2 N–H and O–H groups in total. The lowest BCUT2D eigenvalue weighted by Gasteiger charge is -2.33. The van der Waals surface area contributed by atoms with Crippen molar-refractivity contribution in [2.45, 2.75) is 26.2 Å². The number of benzene rings is 1. The van der Waals surface area contributed by atoms with Crippen LogP contribution in [-0.2, 0) is 6.42 Å². The number of hydrogen-bond acceptors (Lipinski definition) is 6. The van der Waals surface area contributed by atoms with Crippen LogP contribution in [0.3, 0.4) is 0 Å². The molecule has 0 aliphatic carbocycles. The van der Waals surface area contributed by atoms with Gasteiger partial charge in [-0.05, 0) is 43.4 Å². The van der Waals surface area contributed by atoms with Crippen LogP contribution in [0.15, 0.2) is 48.9 Å². The van der Waals surface area contributed by atoms with Crippen molar-refractivity contribution in [3.05, 3.63) is 65.1 Å². The van der Waals surface area contributed by atoms with E-state index in [9.17, 15) is 4.79 Å². The zero-order chi connectivity index (χ0) is 25.1. The minimum absolute atomic E-state index is 0.0160. The van der Waals surface area contributed by atoms with Gasteiger partial charge in [0.1, 0.15) is 17.2 Å². The summed E-state index contributed by atoms with van der Waals surface area (Å²) in [5.41, 5.74) is 3.26. The third kappa shape index (κ3) is 4.86. The molecule has 0 radical (unpaired) electrons. The summed E-state index contributed by atoms with van der Waals surface area (Å²) in [5.74, 6) is 2.37. The maximum atomic E-state index is 13.2. The molecule has 1 fully saturated rings. The number of ether oxygens (including phenoxy) is 1. The van der Waals surface area contributed by atoms with Crippen molar-refractivity contribution in [3.63, 3.8) is 0 Å². The lowest BCUT2D eigenvalue weighted by molar-refractivity contribution is 0.0677. The molecule has 186 valence electrons. The Balaban J connectivity index is 1.32. The molecule has 8 nitrogen and oxygen atoms in total. The highest BCUT2D eigenvalue weighted by Crippen LogP contribution is 2.29. The fraction of sp³-hybridized carbons (Fsp3) is 0.333. The highest BCUT2D eigenvalue weighted by atomic mass is 35.5. The second-order valence-electron chi connectivity index (χ2n) is 9.01. The third-order valence-corrected chi connectivity index (χ3v) is 6.89. The van der Waals surface area contributed by atoms with Crippen molar-refractivity contribution < 1.29 is 9.53 Å². The summed E-state index contributed by atoms with van der Waals surface area (Å²) in [6.07, 6.45) is 8.18. The number of H-pyrrole nitrogens is 1. The summed E-state index contributed by atoms with van der Waals surface area (Å²) >= 11 is 6.18. The number of aromatic amines is 1. The number of piperidine rings is 1. The normalized spacial score (nSPS) is 15.8. The van der Waals surface area contributed by atoms with E-state index in [0.29, 0.717) is 34.6 Å². The number of halogens is 1. The summed E-state index contributed by atoms with van der Waals surface area (Å²) in [6.45, 7) is 4.26. The van der Waals surface area contributed by atoms with Gasteiger partial charge in [-0.25, -0.2) is 15.0 Å². The number of carbonyl (C=O) groups is 1. The van der Waals surface area contributed by atoms with Crippen molar-refractivity contribution in [3.8, 4) is 17.1 Å². The van der Waals surface area contributed by atoms with Crippen LogP contribution < -0.4 is 10.1 Å². The average molecular weight is 505 g/mol. The zero-order valence-corrected chi connectivity index (χ0v) is 21.2. The number of aryl methyl sites for hydroxylation is 1. The molecule has 3 aromatic heterocycles. The molecule has 4 heterocycles. The molecule has 0 unspecified atom stereocenters. The number of aromatic nitrogens is 4. The van der Waals surface area contributed by atoms with Gasteiger partial charge in [0.15, 0.2) is 5.82 Å². The van der Waals surface area contributed by atoms with Gasteiger partial charge in [-0.3, -0.25) is 4.79 Å². The third-order valence-electron chi connectivity index (χ3n) is 6.69. The lowest BCUT2D eigenvalue weighted by atomic mass is 9.97. The van der Waals surface area contributed by atoms with Gasteiger partial charge < -0.3 is 19.9 Å². The van der Waals surface area contributed by atoms with E-state index in [1.807, 2.05) is 47.6 Å². The van der Waals surface area contributed by atoms with E-state index < -0.39 is 0 Å². The standard InChI is InChI=1S/C27H29ClN6O2/c1-3-18-13-30-26(22-15-32-25-21(22)11-19(28)14-31-25)33-24(18)29-12-17-7-6-10-34(16-17)27(35)20-8-4-5-9-23(20)36-2/h4-5,8-9,11,13-15,17H,3,6-7,10,12,16H2,1-2H3,(H,31,32)(H,29,30,33)/t17-/m1/s1. The van der Waals surface area contributed by atoms with Crippen LogP contribution in [0.4, 0.5) is 5.82 Å². The average Bonchev–Trinajstić information content (AvgIpc) is 3.34. The van der Waals surface area contributed by atoms with Crippen molar-refractivity contribution in [1.82, 2.24) is 24.8 Å². The molecule has 1 aromatic carbocycles. The van der Waals surface area contributed by atoms with E-state index in [1.165, 1.54) is 0 Å². The molecule has 0 saturated carbocycles. The molecule has 1 saturated heterocycles. The van der Waals surface area contributed by atoms with Crippen LogP contribution in [0, 0.1) is 5.92 Å². The smallest absolute Gasteiger partial charge is 0.257 e. The van der Waals surface area contributed by atoms with Gasteiger partial charge in [0, 0.05) is 54.7 Å². The number of fused-ring (bicyclic) bond motifs is 1. The number of pyridine rings is 1. The molecule has 1 amide bonds. The van der Waals surface area contributed by atoms with Crippen molar-refractivity contribution in [2.24, 2.45) is 5.92 Å². The number of amides is 1. The quantitative estimate of drug-likeness (QED) is 0.359. The van der Waals surface area contributed by atoms with E-state index in [1.54, 1.807) is 13.3 Å². The Morgan fingerprint density at radius 1 is 1.28 bits per heavy atom. The number of nitrogens with one attached hydrogen (secondary N) is 2. The molecule has 9 heteroatoms. The van der Waals surface area contributed by atoms with Gasteiger partial charge in [0.2, 0.25) is 0 Å². The topological polar surface area (TPSA) is 96.0 Å². The summed E-state index contributed by atoms with van der Waals surface area (Å²) < 4.78 is 5.40. The molecule has 5 rings (SSSR count). The molecule has 0 bridgehead atoms. The molecular formula is C27H29ClN6O2. The number of nitrogens with zero attached hydrogens (tertiary/aromatic N) is 4. The van der Waals surface area contributed by atoms with E-state index in [-0.39, 0.29) is 5.91 Å². The molecule has 1 atom stereocenters. The largest absolute Gasteiger partial charge is 0.496 e. The van der Waals surface area contributed by atoms with Crippen LogP contribution in [0.2, 0.25) is 5.02 Å². The maximum absolute atomic E-state index is 13.2. The summed E-state index contributed by atoms with van der Waals surface area (Å²) in [7, 11) is 1.59. The number of rotatable bonds is 7. The Morgan fingerprint density at radius 2 is 2.14 bits per heavy atom. The number of para-hydroxylation sites is 1. The monoisotopic (exact) mass is 504 g/mol. The molecule has 1 aliphatic heterocycles. The van der Waals surface area contributed by atoms with Crippen molar-refractivity contribution in [2.75, 3.05) is 32.1 Å². The first-order valence-electron chi connectivity index (χ1n) is 12.2. The lowest BCUT2D eigenvalue weighted by Crippen LogP contribution is -2.42. The second kappa shape index (κ2) is 10.5. The van der Waals surface area contributed by atoms with Crippen molar-refractivity contribution >= 4 is 34.4 Å². The number of anilines is 1. The summed E-state index contributed by atoms with van der Waals surface area (Å²) in [4.78, 5) is 32.1. The van der Waals surface area contributed by atoms with Crippen LogP contribution in [0.25, 0.3) is 22.4 Å². The van der Waals surface area contributed by atoms with E-state index in [0.717, 1.165) is 60.3 Å². The molecule has 4 aromatic rings. The van der Waals surface area contributed by atoms with E-state index in [2.05, 4.69) is 27.2 Å². The van der Waals surface area contributed by atoms with E-state index in [4.69, 9.17) is 21.3 Å². The predicted octanol–water partition coefficient (Wildman–Crippen LogP) is 5.21. The fourth-order valence-electron chi connectivity index (χ4n) is 4.76. The molecule has 36 heavy (non-hydrogen) atoms. The molecular weight excluding hydrogens is 476 g/mol. The number of methoxy groups -OCH3 is 1. The first kappa shape index (κ1) is 24.1. The Labute approximate surface area is 215 Å². The maximum Gasteiger partial charge on any atom is 0.257 e. The van der Waals surface area contributed by atoms with Crippen LogP contribution >= 0.6 is 11.6 Å². The Bertz CT molecular complexity index is 1390. The second-order valence-corrected chi connectivity index (χ2v) is 9.45. The Kier molecular flexibility index (Phi) is 7.04. The minimum atomic E-state index is 0.0160. The highest BCUT2D eigenvalue weighted by molar-refractivity contribution is 6.31. The highest BCUT2D eigenvalue weighted by Gasteiger charge is 2.26. The number of likely N-dealkylation sites (tertiary alicyclic amines) is 1. The number of carbonyl (C=O) groups excluding carboxylic acids is 1. The Hall–Kier alpha value is -3.65. The zero-order valence-electron chi connectivity index (χ0n) is 20.4. The van der Waals surface area contributed by atoms with Gasteiger partial charge in [-0.1, -0.05) is 30.7 Å². The van der Waals surface area contributed by atoms with E-state index >= 15 is 0 Å². The minimum Gasteiger partial charge on any atom is -0.496 e. The van der Waals surface area contributed by atoms with Gasteiger partial charge >= 0.3 is 0 Å². The number of hydrogen-bond donors (Lipinski definition) is 2. The van der Waals surface area contributed by atoms with Crippen molar-refractivity contribution in [1.29, 1.82) is 0 Å². The van der Waals surface area contributed by atoms with Crippen LogP contribution in [0.1, 0.15) is 35.7 Å². The van der Waals surface area contributed by atoms with Gasteiger partial charge in [0.25, 0.3) is 5.91 Å². The first-order valence-corrected chi connectivity index (χ1v) is 12.6. The fourth-order valence-corrected chi connectivity index (χ4v) is 4.92. The molecule has 1 aliphatic rings. The van der Waals surface area contributed by atoms with Gasteiger partial charge in [0.05, 0.1) is 17.7 Å². The van der Waals surface area contributed by atoms with Crippen LogP contribution in [-0.4, -0.2) is 57.5 Å². The summed E-state index contributed by atoms with van der Waals surface area (Å²) in [5, 5.41) is 5.00. The summed E-state index contributed by atoms with van der Waals surface area (Å²) in [6, 6.07) is 9.27. The van der Waals surface area contributed by atoms with Gasteiger partial charge in [-0.2, -0.15) is 0 Å². The van der Waals surface area contributed by atoms with Crippen LogP contribution in [0.5, 0.6) is 5.75 Å². The SMILES string of the molecule is CCc1cnc(-c2c[nH]c3ncc(Cl)cc23)nc1NC[C@H]1CCCN(C(=O)c2ccccc2OC)C1. The predicted molar refractivity (Wildman–Crippen MR) is 142 cm³/mol. The van der Waals surface area contributed by atoms with Gasteiger partial charge in [-0.15, -0.1) is 0 Å². The Morgan fingerprint density at radius 3 is 2.97 bits per heavy atom.